The molecule has 1 aromatic heterocycles. The highest BCUT2D eigenvalue weighted by molar-refractivity contribution is 9.11. The number of amides is 1. The lowest BCUT2D eigenvalue weighted by Gasteiger charge is -2.31. The van der Waals surface area contributed by atoms with E-state index in [4.69, 9.17) is 10.9 Å². The first kappa shape index (κ1) is 13.4. The average molecular weight is 332 g/mol. The molecule has 1 saturated heterocycles. The van der Waals surface area contributed by atoms with E-state index in [1.54, 1.807) is 4.90 Å². The molecular formula is C11H14BrN3O2S. The first-order valence-electron chi connectivity index (χ1n) is 5.62. The topological polar surface area (TPSA) is 78.9 Å². The molecule has 1 aliphatic rings. The molecule has 0 bridgehead atoms. The van der Waals surface area contributed by atoms with Gasteiger partial charge in [0.05, 0.1) is 9.35 Å². The lowest BCUT2D eigenvalue weighted by atomic mass is 9.96. The zero-order valence-electron chi connectivity index (χ0n) is 9.67. The third kappa shape index (κ3) is 2.84. The Hall–Kier alpha value is -1.08. The van der Waals surface area contributed by atoms with Crippen molar-refractivity contribution in [1.82, 2.24) is 4.90 Å². The molecule has 7 heteroatoms. The van der Waals surface area contributed by atoms with Gasteiger partial charge in [-0.25, -0.2) is 0 Å². The summed E-state index contributed by atoms with van der Waals surface area (Å²) in [7, 11) is 0. The summed E-state index contributed by atoms with van der Waals surface area (Å²) in [5.74, 6) is 0.168. The smallest absolute Gasteiger partial charge is 0.254 e. The number of carbonyl (C=O) groups excluding carboxylic acids is 1. The molecule has 1 amide bonds. The van der Waals surface area contributed by atoms with E-state index in [0.717, 1.165) is 23.2 Å². The van der Waals surface area contributed by atoms with Crippen LogP contribution in [0.15, 0.2) is 20.4 Å². The summed E-state index contributed by atoms with van der Waals surface area (Å²) < 4.78 is 0.941. The molecule has 18 heavy (non-hydrogen) atoms. The Labute approximate surface area is 117 Å². The standard InChI is InChI=1S/C11H14BrN3O2S/c12-9-4-8(6-18-9)11(16)15-3-1-2-7(5-15)10(13)14-17/h4,6-7,17H,1-3,5H2,(H2,13,14). The van der Waals surface area contributed by atoms with Crippen LogP contribution < -0.4 is 5.73 Å². The first-order valence-corrected chi connectivity index (χ1v) is 7.30. The summed E-state index contributed by atoms with van der Waals surface area (Å²) in [5, 5.41) is 13.6. The third-order valence-corrected chi connectivity index (χ3v) is 4.56. The quantitative estimate of drug-likeness (QED) is 0.377. The summed E-state index contributed by atoms with van der Waals surface area (Å²) in [6.07, 6.45) is 1.73. The fraction of sp³-hybridized carbons (Fsp3) is 0.455. The van der Waals surface area contributed by atoms with Crippen molar-refractivity contribution in [3.8, 4) is 0 Å². The Morgan fingerprint density at radius 2 is 2.44 bits per heavy atom. The molecule has 0 radical (unpaired) electrons. The Balaban J connectivity index is 2.07. The highest BCUT2D eigenvalue weighted by atomic mass is 79.9. The Bertz CT molecular complexity index is 475. The molecule has 5 nitrogen and oxygen atoms in total. The summed E-state index contributed by atoms with van der Waals surface area (Å²) in [5.41, 5.74) is 6.30. The second-order valence-electron chi connectivity index (χ2n) is 4.25. The van der Waals surface area contributed by atoms with E-state index in [9.17, 15) is 4.79 Å². The van der Waals surface area contributed by atoms with Gasteiger partial charge >= 0.3 is 0 Å². The van der Waals surface area contributed by atoms with Gasteiger partial charge in [0.15, 0.2) is 0 Å². The molecule has 0 saturated carbocycles. The van der Waals surface area contributed by atoms with Gasteiger partial charge in [0.1, 0.15) is 5.84 Å². The fourth-order valence-electron chi connectivity index (χ4n) is 2.09. The van der Waals surface area contributed by atoms with Crippen molar-refractivity contribution in [2.75, 3.05) is 13.1 Å². The number of amidine groups is 1. The van der Waals surface area contributed by atoms with Crippen molar-refractivity contribution in [2.45, 2.75) is 12.8 Å². The molecule has 3 N–H and O–H groups in total. The molecule has 1 aromatic rings. The van der Waals surface area contributed by atoms with Gasteiger partial charge in [-0.3, -0.25) is 4.79 Å². The van der Waals surface area contributed by atoms with Crippen LogP contribution in [0.5, 0.6) is 0 Å². The van der Waals surface area contributed by atoms with Crippen LogP contribution in [0.3, 0.4) is 0 Å². The third-order valence-electron chi connectivity index (χ3n) is 3.06. The Morgan fingerprint density at radius 3 is 3.06 bits per heavy atom. The summed E-state index contributed by atoms with van der Waals surface area (Å²) >= 11 is 4.84. The first-order chi connectivity index (χ1) is 8.61. The zero-order chi connectivity index (χ0) is 13.1. The SMILES string of the molecule is NC(=NO)C1CCCN(C(=O)c2csc(Br)c2)C1. The van der Waals surface area contributed by atoms with Crippen LogP contribution in [0.1, 0.15) is 23.2 Å². The number of halogens is 1. The Kier molecular flexibility index (Phi) is 4.23. The highest BCUT2D eigenvalue weighted by Gasteiger charge is 2.27. The molecule has 1 aliphatic heterocycles. The van der Waals surface area contributed by atoms with Gasteiger partial charge in [0.2, 0.25) is 0 Å². The van der Waals surface area contributed by atoms with Crippen molar-refractivity contribution in [3.05, 3.63) is 20.8 Å². The summed E-state index contributed by atoms with van der Waals surface area (Å²) in [6, 6.07) is 1.82. The molecule has 0 spiro atoms. The van der Waals surface area contributed by atoms with E-state index in [1.807, 2.05) is 11.4 Å². The van der Waals surface area contributed by atoms with Crippen molar-refractivity contribution in [3.63, 3.8) is 0 Å². The number of piperidine rings is 1. The van der Waals surface area contributed by atoms with Crippen LogP contribution >= 0.6 is 27.3 Å². The molecule has 2 rings (SSSR count). The predicted octanol–water partition coefficient (Wildman–Crippen LogP) is 2.11. The van der Waals surface area contributed by atoms with Gasteiger partial charge in [0.25, 0.3) is 5.91 Å². The van der Waals surface area contributed by atoms with E-state index in [-0.39, 0.29) is 17.7 Å². The molecule has 2 heterocycles. The minimum Gasteiger partial charge on any atom is -0.409 e. The van der Waals surface area contributed by atoms with Crippen LogP contribution in [-0.4, -0.2) is 34.9 Å². The van der Waals surface area contributed by atoms with Gasteiger partial charge in [0, 0.05) is 24.4 Å². The maximum absolute atomic E-state index is 12.2. The second kappa shape index (κ2) is 5.71. The van der Waals surface area contributed by atoms with Crippen LogP contribution in [0.2, 0.25) is 0 Å². The Morgan fingerprint density at radius 1 is 1.67 bits per heavy atom. The highest BCUT2D eigenvalue weighted by Crippen LogP contribution is 2.24. The number of likely N-dealkylation sites (tertiary alicyclic amines) is 1. The molecule has 98 valence electrons. The van der Waals surface area contributed by atoms with Crippen molar-refractivity contribution < 1.29 is 10.0 Å². The van der Waals surface area contributed by atoms with E-state index in [2.05, 4.69) is 21.1 Å². The molecule has 1 fully saturated rings. The second-order valence-corrected chi connectivity index (χ2v) is 6.55. The molecule has 1 unspecified atom stereocenters. The van der Waals surface area contributed by atoms with Crippen molar-refractivity contribution >= 4 is 39.0 Å². The molecule has 0 aromatic carbocycles. The van der Waals surface area contributed by atoms with Gasteiger partial charge < -0.3 is 15.8 Å². The number of hydrogen-bond acceptors (Lipinski definition) is 4. The van der Waals surface area contributed by atoms with Crippen LogP contribution in [0.25, 0.3) is 0 Å². The largest absolute Gasteiger partial charge is 0.409 e. The number of oxime groups is 1. The fourth-order valence-corrected chi connectivity index (χ4v) is 3.22. The number of hydrogen-bond donors (Lipinski definition) is 2. The number of thiophene rings is 1. The van der Waals surface area contributed by atoms with E-state index >= 15 is 0 Å². The number of nitrogens with two attached hydrogens (primary N) is 1. The minimum absolute atomic E-state index is 0.00684. The van der Waals surface area contributed by atoms with Crippen LogP contribution in [0, 0.1) is 5.92 Å². The molecule has 1 atom stereocenters. The van der Waals surface area contributed by atoms with Crippen LogP contribution in [0.4, 0.5) is 0 Å². The number of carbonyl (C=O) groups is 1. The normalized spacial score (nSPS) is 21.1. The van der Waals surface area contributed by atoms with Gasteiger partial charge in [-0.2, -0.15) is 0 Å². The molecular weight excluding hydrogens is 318 g/mol. The number of rotatable bonds is 2. The predicted molar refractivity (Wildman–Crippen MR) is 74.1 cm³/mol. The van der Waals surface area contributed by atoms with E-state index < -0.39 is 0 Å². The zero-order valence-corrected chi connectivity index (χ0v) is 12.1. The lowest BCUT2D eigenvalue weighted by Crippen LogP contribution is -2.44. The van der Waals surface area contributed by atoms with Crippen molar-refractivity contribution in [2.24, 2.45) is 16.8 Å². The monoisotopic (exact) mass is 331 g/mol. The lowest BCUT2D eigenvalue weighted by molar-refractivity contribution is 0.0702. The van der Waals surface area contributed by atoms with Crippen LogP contribution in [-0.2, 0) is 0 Å². The number of nitrogens with zero attached hydrogens (tertiary/aromatic N) is 2. The maximum Gasteiger partial charge on any atom is 0.254 e. The average Bonchev–Trinajstić information content (AvgIpc) is 2.83. The van der Waals surface area contributed by atoms with Gasteiger partial charge in [-0.1, -0.05) is 5.16 Å². The summed E-state index contributed by atoms with van der Waals surface area (Å²) in [6.45, 7) is 1.24. The molecule has 0 aliphatic carbocycles. The minimum atomic E-state index is -0.0465. The van der Waals surface area contributed by atoms with Gasteiger partial charge in [-0.15, -0.1) is 11.3 Å². The maximum atomic E-state index is 12.2. The van der Waals surface area contributed by atoms with E-state index in [1.165, 1.54) is 11.3 Å². The van der Waals surface area contributed by atoms with Gasteiger partial charge in [-0.05, 0) is 34.8 Å². The van der Waals surface area contributed by atoms with E-state index in [0.29, 0.717) is 12.1 Å². The van der Waals surface area contributed by atoms with Crippen molar-refractivity contribution in [1.29, 1.82) is 0 Å². The summed E-state index contributed by atoms with van der Waals surface area (Å²) in [4.78, 5) is 14.0.